The van der Waals surface area contributed by atoms with Gasteiger partial charge in [0.05, 0.1) is 11.4 Å². The Labute approximate surface area is 331 Å². The van der Waals surface area contributed by atoms with E-state index in [9.17, 15) is 0 Å². The highest BCUT2D eigenvalue weighted by atomic mass is 15.2. The molecule has 4 nitrogen and oxygen atoms in total. The minimum absolute atomic E-state index is 0.623. The predicted molar refractivity (Wildman–Crippen MR) is 236 cm³/mol. The van der Waals surface area contributed by atoms with Crippen LogP contribution < -0.4 is 4.90 Å². The second-order valence-electron chi connectivity index (χ2n) is 14.4. The Bertz CT molecular complexity index is 3120. The van der Waals surface area contributed by atoms with Crippen molar-refractivity contribution < 1.29 is 0 Å². The van der Waals surface area contributed by atoms with E-state index in [0.29, 0.717) is 17.5 Å². The fourth-order valence-corrected chi connectivity index (χ4v) is 8.38. The van der Waals surface area contributed by atoms with Crippen molar-refractivity contribution in [3.63, 3.8) is 0 Å². The second-order valence-corrected chi connectivity index (χ2v) is 14.4. The summed E-state index contributed by atoms with van der Waals surface area (Å²) in [6, 6.07) is 72.8. The number of hydrogen-bond acceptors (Lipinski definition) is 4. The molecule has 0 saturated carbocycles. The minimum Gasteiger partial charge on any atom is -0.309 e. The standard InChI is InChI=1S/C53H34N4/c1-4-15-35(16-5-1)39-21-12-22-40(33-39)51-54-52(41-30-29-36-17-10-11-20-38(36)34-41)56-53(55-51)46-27-14-28-47-50(46)45-26-13-25-44-43(37-18-6-2-7-19-37)31-32-48(49(44)45)57(47)42-23-8-3-9-24-42/h1-34H. The summed E-state index contributed by atoms with van der Waals surface area (Å²) < 4.78 is 0. The van der Waals surface area contributed by atoms with E-state index in [2.05, 4.69) is 205 Å². The van der Waals surface area contributed by atoms with Crippen LogP contribution in [0.2, 0.25) is 0 Å². The Morgan fingerprint density at radius 3 is 1.70 bits per heavy atom. The Balaban J connectivity index is 1.18. The lowest BCUT2D eigenvalue weighted by Gasteiger charge is -2.35. The van der Waals surface area contributed by atoms with Crippen molar-refractivity contribution in [2.45, 2.75) is 0 Å². The number of nitrogens with zero attached hydrogens (tertiary/aromatic N) is 4. The zero-order chi connectivity index (χ0) is 37.7. The fraction of sp³-hybridized carbons (Fsp3) is 0. The largest absolute Gasteiger partial charge is 0.309 e. The molecule has 9 aromatic carbocycles. The molecule has 0 saturated heterocycles. The van der Waals surface area contributed by atoms with Gasteiger partial charge in [-0.1, -0.05) is 170 Å². The van der Waals surface area contributed by atoms with Gasteiger partial charge < -0.3 is 4.90 Å². The Morgan fingerprint density at radius 1 is 0.316 bits per heavy atom. The van der Waals surface area contributed by atoms with Crippen LogP contribution in [-0.2, 0) is 0 Å². The van der Waals surface area contributed by atoms with E-state index in [-0.39, 0.29) is 0 Å². The van der Waals surface area contributed by atoms with Gasteiger partial charge in [0.1, 0.15) is 0 Å². The van der Waals surface area contributed by atoms with Gasteiger partial charge in [0, 0.05) is 33.3 Å². The number of fused-ring (bicyclic) bond motifs is 3. The third kappa shape index (κ3) is 5.66. The van der Waals surface area contributed by atoms with Crippen molar-refractivity contribution in [1.29, 1.82) is 0 Å². The first kappa shape index (κ1) is 32.7. The Morgan fingerprint density at radius 2 is 0.912 bits per heavy atom. The fourth-order valence-electron chi connectivity index (χ4n) is 8.38. The zero-order valence-electron chi connectivity index (χ0n) is 30.9. The third-order valence-corrected chi connectivity index (χ3v) is 11.0. The van der Waals surface area contributed by atoms with Gasteiger partial charge in [-0.05, 0) is 80.4 Å². The first-order valence-corrected chi connectivity index (χ1v) is 19.3. The monoisotopic (exact) mass is 726 g/mol. The van der Waals surface area contributed by atoms with Crippen molar-refractivity contribution >= 4 is 38.6 Å². The lowest BCUT2D eigenvalue weighted by Crippen LogP contribution is -2.16. The molecule has 4 heteroatoms. The van der Waals surface area contributed by atoms with E-state index in [1.165, 1.54) is 27.3 Å². The summed E-state index contributed by atoms with van der Waals surface area (Å²) >= 11 is 0. The predicted octanol–water partition coefficient (Wildman–Crippen LogP) is 14.0. The maximum absolute atomic E-state index is 5.35. The summed E-state index contributed by atoms with van der Waals surface area (Å²) in [5.74, 6) is 1.88. The van der Waals surface area contributed by atoms with E-state index in [1.54, 1.807) is 0 Å². The van der Waals surface area contributed by atoms with Gasteiger partial charge in [-0.15, -0.1) is 0 Å². The molecular weight excluding hydrogens is 693 g/mol. The van der Waals surface area contributed by atoms with Crippen LogP contribution >= 0.6 is 0 Å². The number of para-hydroxylation sites is 1. The van der Waals surface area contributed by atoms with Gasteiger partial charge >= 0.3 is 0 Å². The Hall–Kier alpha value is -7.69. The van der Waals surface area contributed by atoms with Gasteiger partial charge in [0.2, 0.25) is 0 Å². The van der Waals surface area contributed by atoms with Crippen LogP contribution in [-0.4, -0.2) is 15.0 Å². The molecule has 0 atom stereocenters. The van der Waals surface area contributed by atoms with Gasteiger partial charge in [-0.2, -0.15) is 0 Å². The summed E-state index contributed by atoms with van der Waals surface area (Å²) in [5.41, 5.74) is 13.0. The van der Waals surface area contributed by atoms with E-state index in [1.807, 2.05) is 6.07 Å². The minimum atomic E-state index is 0.623. The SMILES string of the molecule is c1ccc(-c2cccc(-c3nc(-c4ccc5ccccc5c4)nc(-c4cccc5c4-c4cccc6c(-c7ccccc7)ccc(c46)N5c4ccccc4)n3)c2)cc1. The molecule has 0 spiro atoms. The molecule has 0 radical (unpaired) electrons. The first-order chi connectivity index (χ1) is 28.3. The maximum atomic E-state index is 5.35. The molecule has 0 fully saturated rings. The van der Waals surface area contributed by atoms with Gasteiger partial charge in [0.25, 0.3) is 0 Å². The van der Waals surface area contributed by atoms with Crippen LogP contribution in [0, 0.1) is 0 Å². The van der Waals surface area contributed by atoms with Crippen LogP contribution in [0.25, 0.3) is 89.1 Å². The molecule has 0 aliphatic carbocycles. The molecule has 2 heterocycles. The Kier molecular flexibility index (Phi) is 7.78. The summed E-state index contributed by atoms with van der Waals surface area (Å²) in [6.07, 6.45) is 0. The summed E-state index contributed by atoms with van der Waals surface area (Å²) in [5, 5.41) is 4.70. The highest BCUT2D eigenvalue weighted by Crippen LogP contribution is 2.54. The lowest BCUT2D eigenvalue weighted by molar-refractivity contribution is 1.07. The van der Waals surface area contributed by atoms with Crippen molar-refractivity contribution in [3.05, 3.63) is 206 Å². The molecule has 0 amide bonds. The van der Waals surface area contributed by atoms with E-state index < -0.39 is 0 Å². The molecule has 1 aliphatic rings. The normalized spacial score (nSPS) is 11.8. The second kappa shape index (κ2) is 13.6. The maximum Gasteiger partial charge on any atom is 0.164 e. The summed E-state index contributed by atoms with van der Waals surface area (Å²) in [6.45, 7) is 0. The topological polar surface area (TPSA) is 41.9 Å². The number of rotatable bonds is 6. The molecule has 57 heavy (non-hydrogen) atoms. The molecule has 0 bridgehead atoms. The highest BCUT2D eigenvalue weighted by molar-refractivity contribution is 6.19. The quantitative estimate of drug-likeness (QED) is 0.171. The molecule has 1 aliphatic heterocycles. The summed E-state index contributed by atoms with van der Waals surface area (Å²) in [7, 11) is 0. The average molecular weight is 727 g/mol. The highest BCUT2D eigenvalue weighted by Gasteiger charge is 2.30. The van der Waals surface area contributed by atoms with Crippen LogP contribution in [0.3, 0.4) is 0 Å². The number of aromatic nitrogens is 3. The van der Waals surface area contributed by atoms with Crippen molar-refractivity contribution in [3.8, 4) is 67.5 Å². The number of hydrogen-bond donors (Lipinski definition) is 0. The number of anilines is 3. The molecule has 11 rings (SSSR count). The van der Waals surface area contributed by atoms with E-state index in [4.69, 9.17) is 15.0 Å². The van der Waals surface area contributed by atoms with Crippen LogP contribution in [0.15, 0.2) is 206 Å². The molecular formula is C53H34N4. The van der Waals surface area contributed by atoms with Gasteiger partial charge in [-0.25, -0.2) is 15.0 Å². The van der Waals surface area contributed by atoms with Gasteiger partial charge in [0.15, 0.2) is 17.5 Å². The van der Waals surface area contributed by atoms with Crippen molar-refractivity contribution in [2.24, 2.45) is 0 Å². The first-order valence-electron chi connectivity index (χ1n) is 19.3. The summed E-state index contributed by atoms with van der Waals surface area (Å²) in [4.78, 5) is 18.3. The third-order valence-electron chi connectivity index (χ3n) is 11.0. The van der Waals surface area contributed by atoms with Crippen LogP contribution in [0.4, 0.5) is 17.1 Å². The van der Waals surface area contributed by atoms with E-state index in [0.717, 1.165) is 61.4 Å². The van der Waals surface area contributed by atoms with Crippen molar-refractivity contribution in [2.75, 3.05) is 4.90 Å². The average Bonchev–Trinajstić information content (AvgIpc) is 3.29. The molecule has 0 unspecified atom stereocenters. The molecule has 10 aromatic rings. The smallest absolute Gasteiger partial charge is 0.164 e. The van der Waals surface area contributed by atoms with Crippen LogP contribution in [0.1, 0.15) is 0 Å². The van der Waals surface area contributed by atoms with E-state index >= 15 is 0 Å². The zero-order valence-corrected chi connectivity index (χ0v) is 30.9. The lowest BCUT2D eigenvalue weighted by atomic mass is 9.85. The molecule has 266 valence electrons. The van der Waals surface area contributed by atoms with Crippen LogP contribution in [0.5, 0.6) is 0 Å². The van der Waals surface area contributed by atoms with Crippen molar-refractivity contribution in [1.82, 2.24) is 15.0 Å². The van der Waals surface area contributed by atoms with Gasteiger partial charge in [-0.3, -0.25) is 0 Å². The number of benzene rings is 9. The molecule has 1 aromatic heterocycles. The molecule has 0 N–H and O–H groups in total.